The van der Waals surface area contributed by atoms with Gasteiger partial charge in [-0.2, -0.15) is 0 Å². The maximum absolute atomic E-state index is 13.9. The van der Waals surface area contributed by atoms with Crippen molar-refractivity contribution < 1.29 is 13.6 Å². The van der Waals surface area contributed by atoms with E-state index in [2.05, 4.69) is 10.6 Å². The molecule has 0 radical (unpaired) electrons. The standard InChI is InChI=1S/C14H12ClF2N3O.C2H6/c1-19-13-6-11(17)8(5-12(13)18)14(21)20-7-2-3-10(16)9(15)4-7;1-2/h2-6,19H,18H2,1H3,(H,20,21);1-2H3. The van der Waals surface area contributed by atoms with Gasteiger partial charge in [-0.15, -0.1) is 0 Å². The van der Waals surface area contributed by atoms with Gasteiger partial charge in [-0.1, -0.05) is 25.4 Å². The topological polar surface area (TPSA) is 67.2 Å². The van der Waals surface area contributed by atoms with Crippen LogP contribution in [0.3, 0.4) is 0 Å². The van der Waals surface area contributed by atoms with Crippen molar-refractivity contribution in [3.05, 3.63) is 52.6 Å². The summed E-state index contributed by atoms with van der Waals surface area (Å²) in [7, 11) is 1.59. The van der Waals surface area contributed by atoms with Gasteiger partial charge in [-0.3, -0.25) is 4.79 Å². The number of anilines is 3. The molecule has 0 aliphatic carbocycles. The highest BCUT2D eigenvalue weighted by Gasteiger charge is 2.15. The summed E-state index contributed by atoms with van der Waals surface area (Å²) in [6.45, 7) is 4.00. The van der Waals surface area contributed by atoms with Crippen LogP contribution in [-0.4, -0.2) is 13.0 Å². The Morgan fingerprint density at radius 1 is 1.13 bits per heavy atom. The summed E-state index contributed by atoms with van der Waals surface area (Å²) in [6, 6.07) is 6.01. The lowest BCUT2D eigenvalue weighted by Gasteiger charge is -2.10. The molecule has 2 aromatic carbocycles. The van der Waals surface area contributed by atoms with E-state index in [0.29, 0.717) is 5.69 Å². The van der Waals surface area contributed by atoms with E-state index < -0.39 is 17.5 Å². The summed E-state index contributed by atoms with van der Waals surface area (Å²) >= 11 is 5.61. The van der Waals surface area contributed by atoms with Crippen LogP contribution in [0.2, 0.25) is 5.02 Å². The highest BCUT2D eigenvalue weighted by Crippen LogP contribution is 2.24. The van der Waals surface area contributed by atoms with Crippen LogP contribution >= 0.6 is 11.6 Å². The quantitative estimate of drug-likeness (QED) is 0.719. The molecule has 124 valence electrons. The molecule has 4 nitrogen and oxygen atoms in total. The summed E-state index contributed by atoms with van der Waals surface area (Å²) in [4.78, 5) is 12.0. The molecule has 0 fully saturated rings. The number of nitrogen functional groups attached to an aromatic ring is 1. The first-order chi connectivity index (χ1) is 10.9. The van der Waals surface area contributed by atoms with Crippen molar-refractivity contribution >= 4 is 34.6 Å². The van der Waals surface area contributed by atoms with Crippen molar-refractivity contribution in [2.45, 2.75) is 13.8 Å². The molecule has 0 saturated heterocycles. The first-order valence-corrected chi connectivity index (χ1v) is 7.33. The number of nitrogens with one attached hydrogen (secondary N) is 2. The van der Waals surface area contributed by atoms with Crippen molar-refractivity contribution in [2.75, 3.05) is 23.4 Å². The van der Waals surface area contributed by atoms with Crippen LogP contribution < -0.4 is 16.4 Å². The van der Waals surface area contributed by atoms with Gasteiger partial charge in [0.05, 0.1) is 22.0 Å². The Morgan fingerprint density at radius 3 is 2.35 bits per heavy atom. The smallest absolute Gasteiger partial charge is 0.258 e. The van der Waals surface area contributed by atoms with Crippen molar-refractivity contribution in [1.82, 2.24) is 0 Å². The lowest BCUT2D eigenvalue weighted by Crippen LogP contribution is -2.15. The maximum Gasteiger partial charge on any atom is 0.258 e. The third kappa shape index (κ3) is 4.56. The Morgan fingerprint density at radius 2 is 1.78 bits per heavy atom. The molecule has 0 bridgehead atoms. The third-order valence-electron chi connectivity index (χ3n) is 2.83. The lowest BCUT2D eigenvalue weighted by atomic mass is 10.1. The van der Waals surface area contributed by atoms with Crippen LogP contribution in [0.5, 0.6) is 0 Å². The van der Waals surface area contributed by atoms with Crippen LogP contribution in [-0.2, 0) is 0 Å². The van der Waals surface area contributed by atoms with Crippen molar-refractivity contribution in [3.8, 4) is 0 Å². The van der Waals surface area contributed by atoms with Crippen molar-refractivity contribution in [1.29, 1.82) is 0 Å². The van der Waals surface area contributed by atoms with Crippen LogP contribution in [0.15, 0.2) is 30.3 Å². The zero-order valence-corrected chi connectivity index (χ0v) is 13.8. The molecular weight excluding hydrogens is 324 g/mol. The number of carbonyl (C=O) groups is 1. The van der Waals surface area contributed by atoms with E-state index in [1.807, 2.05) is 13.8 Å². The molecule has 0 unspecified atom stereocenters. The molecule has 2 rings (SSSR count). The fraction of sp³-hybridized carbons (Fsp3) is 0.188. The van der Waals surface area contributed by atoms with Gasteiger partial charge in [0.1, 0.15) is 11.6 Å². The van der Waals surface area contributed by atoms with E-state index in [9.17, 15) is 13.6 Å². The van der Waals surface area contributed by atoms with Gasteiger partial charge in [0, 0.05) is 12.7 Å². The summed E-state index contributed by atoms with van der Waals surface area (Å²) in [5.74, 6) is -2.03. The van der Waals surface area contributed by atoms with Crippen LogP contribution in [0.4, 0.5) is 25.8 Å². The number of benzene rings is 2. The van der Waals surface area contributed by atoms with E-state index in [-0.39, 0.29) is 22.0 Å². The Kier molecular flexibility index (Phi) is 6.78. The molecule has 0 aliphatic heterocycles. The second kappa shape index (κ2) is 8.33. The molecule has 7 heteroatoms. The SMILES string of the molecule is CC.CNc1cc(F)c(C(=O)Nc2ccc(F)c(Cl)c2)cc1N. The lowest BCUT2D eigenvalue weighted by molar-refractivity contribution is 0.102. The largest absolute Gasteiger partial charge is 0.397 e. The van der Waals surface area contributed by atoms with Crippen LogP contribution in [0.25, 0.3) is 0 Å². The van der Waals surface area contributed by atoms with E-state index in [1.165, 1.54) is 18.2 Å². The van der Waals surface area contributed by atoms with Gasteiger partial charge in [0.2, 0.25) is 0 Å². The Bertz CT molecular complexity index is 708. The van der Waals surface area contributed by atoms with E-state index in [4.69, 9.17) is 17.3 Å². The number of carbonyl (C=O) groups excluding carboxylic acids is 1. The number of hydrogen-bond donors (Lipinski definition) is 3. The minimum Gasteiger partial charge on any atom is -0.397 e. The molecular formula is C16H18ClF2N3O. The molecule has 0 spiro atoms. The molecule has 0 heterocycles. The number of amides is 1. The zero-order chi connectivity index (χ0) is 17.6. The fourth-order valence-electron chi connectivity index (χ4n) is 1.75. The highest BCUT2D eigenvalue weighted by atomic mass is 35.5. The van der Waals surface area contributed by atoms with Crippen molar-refractivity contribution in [2.24, 2.45) is 0 Å². The van der Waals surface area contributed by atoms with Gasteiger partial charge < -0.3 is 16.4 Å². The van der Waals surface area contributed by atoms with E-state index >= 15 is 0 Å². The minimum atomic E-state index is -0.723. The average Bonchev–Trinajstić information content (AvgIpc) is 2.54. The first-order valence-electron chi connectivity index (χ1n) is 6.95. The fourth-order valence-corrected chi connectivity index (χ4v) is 1.93. The predicted octanol–water partition coefficient (Wildman–Crippen LogP) is 4.52. The zero-order valence-electron chi connectivity index (χ0n) is 13.0. The summed E-state index contributed by atoms with van der Waals surface area (Å²) < 4.78 is 26.9. The highest BCUT2D eigenvalue weighted by molar-refractivity contribution is 6.31. The second-order valence-corrected chi connectivity index (χ2v) is 4.66. The number of nitrogens with two attached hydrogens (primary N) is 1. The van der Waals surface area contributed by atoms with E-state index in [0.717, 1.165) is 12.1 Å². The van der Waals surface area contributed by atoms with Gasteiger partial charge in [0.25, 0.3) is 5.91 Å². The van der Waals surface area contributed by atoms with Gasteiger partial charge >= 0.3 is 0 Å². The van der Waals surface area contributed by atoms with E-state index in [1.54, 1.807) is 7.05 Å². The summed E-state index contributed by atoms with van der Waals surface area (Å²) in [6.07, 6.45) is 0. The van der Waals surface area contributed by atoms with Crippen LogP contribution in [0.1, 0.15) is 24.2 Å². The summed E-state index contributed by atoms with van der Waals surface area (Å²) in [5, 5.41) is 5.00. The molecule has 0 saturated carbocycles. The first kappa shape index (κ1) is 18.7. The van der Waals surface area contributed by atoms with Gasteiger partial charge in [-0.05, 0) is 30.3 Å². The molecule has 23 heavy (non-hydrogen) atoms. The maximum atomic E-state index is 13.9. The second-order valence-electron chi connectivity index (χ2n) is 4.25. The Hall–Kier alpha value is -2.34. The van der Waals surface area contributed by atoms with Gasteiger partial charge in [-0.25, -0.2) is 8.78 Å². The number of rotatable bonds is 3. The Balaban J connectivity index is 0.00000127. The monoisotopic (exact) mass is 341 g/mol. The molecule has 4 N–H and O–H groups in total. The van der Waals surface area contributed by atoms with Gasteiger partial charge in [0.15, 0.2) is 0 Å². The third-order valence-corrected chi connectivity index (χ3v) is 3.12. The predicted molar refractivity (Wildman–Crippen MR) is 91.1 cm³/mol. The van der Waals surface area contributed by atoms with Crippen LogP contribution in [0, 0.1) is 11.6 Å². The molecule has 2 aromatic rings. The molecule has 0 aromatic heterocycles. The normalized spacial score (nSPS) is 9.65. The molecule has 0 atom stereocenters. The minimum absolute atomic E-state index is 0.140. The number of hydrogen-bond acceptors (Lipinski definition) is 3. The number of halogens is 3. The molecule has 0 aliphatic rings. The van der Waals surface area contributed by atoms with Crippen molar-refractivity contribution in [3.63, 3.8) is 0 Å². The summed E-state index contributed by atoms with van der Waals surface area (Å²) in [5.41, 5.74) is 6.35. The average molecular weight is 342 g/mol. The Labute approximate surface area is 138 Å². The molecule has 1 amide bonds.